The molecule has 1 aromatic carbocycles. The highest BCUT2D eigenvalue weighted by Gasteiger charge is 2.34. The molecule has 2 aliphatic rings. The smallest absolute Gasteiger partial charge is 0.257 e. The lowest BCUT2D eigenvalue weighted by molar-refractivity contribution is 0.0697. The number of hydrogen-bond donors (Lipinski definition) is 1. The normalized spacial score (nSPS) is 19.2. The van der Waals surface area contributed by atoms with E-state index in [9.17, 15) is 9.90 Å². The summed E-state index contributed by atoms with van der Waals surface area (Å²) in [6, 6.07) is 4.74. The predicted octanol–water partition coefficient (Wildman–Crippen LogP) is 2.28. The van der Waals surface area contributed by atoms with Crippen LogP contribution >= 0.6 is 0 Å². The number of ether oxygens (including phenoxy) is 1. The van der Waals surface area contributed by atoms with Crippen LogP contribution in [0.15, 0.2) is 33.9 Å². The van der Waals surface area contributed by atoms with Gasteiger partial charge in [-0.3, -0.25) is 9.79 Å². The van der Waals surface area contributed by atoms with E-state index in [1.807, 2.05) is 6.07 Å². The van der Waals surface area contributed by atoms with Crippen molar-refractivity contribution in [1.29, 1.82) is 0 Å². The van der Waals surface area contributed by atoms with E-state index >= 15 is 0 Å². The number of phenols is 1. The average molecular weight is 298 g/mol. The molecule has 22 heavy (non-hydrogen) atoms. The summed E-state index contributed by atoms with van der Waals surface area (Å²) in [5.41, 5.74) is 1.90. The van der Waals surface area contributed by atoms with E-state index in [2.05, 4.69) is 4.99 Å². The summed E-state index contributed by atoms with van der Waals surface area (Å²) in [4.78, 5) is 19.0. The number of nitrogens with zero attached hydrogens (tertiary/aromatic N) is 2. The van der Waals surface area contributed by atoms with Gasteiger partial charge in [-0.15, -0.1) is 0 Å². The quantitative estimate of drug-likeness (QED) is 0.876. The molecule has 3 heterocycles. The molecule has 112 valence electrons. The molecule has 6 nitrogen and oxygen atoms in total. The summed E-state index contributed by atoms with van der Waals surface area (Å²) >= 11 is 0. The van der Waals surface area contributed by atoms with Crippen LogP contribution in [0.1, 0.15) is 21.7 Å². The number of furan rings is 1. The van der Waals surface area contributed by atoms with Gasteiger partial charge >= 0.3 is 0 Å². The lowest BCUT2D eigenvalue weighted by atomic mass is 10.0. The van der Waals surface area contributed by atoms with Gasteiger partial charge in [-0.2, -0.15) is 0 Å². The Morgan fingerprint density at radius 2 is 2.32 bits per heavy atom. The van der Waals surface area contributed by atoms with E-state index in [-0.39, 0.29) is 23.4 Å². The van der Waals surface area contributed by atoms with Gasteiger partial charge in [0.15, 0.2) is 11.5 Å². The van der Waals surface area contributed by atoms with Gasteiger partial charge in [0, 0.05) is 24.3 Å². The van der Waals surface area contributed by atoms with E-state index in [0.29, 0.717) is 24.2 Å². The van der Waals surface area contributed by atoms with Gasteiger partial charge in [-0.25, -0.2) is 0 Å². The molecule has 2 aromatic rings. The number of aromatic hydroxyl groups is 1. The Balaban J connectivity index is 1.81. The number of amides is 1. The Hall–Kier alpha value is -2.76. The minimum absolute atomic E-state index is 0.0297. The summed E-state index contributed by atoms with van der Waals surface area (Å²) < 4.78 is 10.5. The van der Waals surface area contributed by atoms with Gasteiger partial charge in [0.2, 0.25) is 0 Å². The van der Waals surface area contributed by atoms with E-state index < -0.39 is 0 Å². The van der Waals surface area contributed by atoms with Gasteiger partial charge in [-0.05, 0) is 12.1 Å². The number of aliphatic imine (C=N–C) groups is 1. The maximum atomic E-state index is 12.9. The van der Waals surface area contributed by atoms with Gasteiger partial charge in [0.05, 0.1) is 37.2 Å². The minimum atomic E-state index is -0.147. The fourth-order valence-corrected chi connectivity index (χ4v) is 2.96. The number of methoxy groups -OCH3 is 1. The highest BCUT2D eigenvalue weighted by molar-refractivity contribution is 6.03. The standard InChI is InChI=1S/C16H14N2O4/c1-21-15-5-11-12(6-13(15)19)17-7-10-4-14-9(2-3-22-14)8-18(10)16(11)20/h2-3,5-7,10,19H,4,8H2,1H3. The molecule has 1 unspecified atom stereocenters. The first-order valence-electron chi connectivity index (χ1n) is 6.99. The van der Waals surface area contributed by atoms with Crippen molar-refractivity contribution in [3.63, 3.8) is 0 Å². The number of rotatable bonds is 1. The molecule has 0 saturated carbocycles. The van der Waals surface area contributed by atoms with Gasteiger partial charge in [-0.1, -0.05) is 0 Å². The van der Waals surface area contributed by atoms with E-state index in [1.165, 1.54) is 19.2 Å². The fourth-order valence-electron chi connectivity index (χ4n) is 2.96. The molecule has 6 heteroatoms. The van der Waals surface area contributed by atoms with Crippen LogP contribution in [0, 0.1) is 0 Å². The third-order valence-electron chi connectivity index (χ3n) is 4.15. The van der Waals surface area contributed by atoms with E-state index in [4.69, 9.17) is 9.15 Å². The zero-order chi connectivity index (χ0) is 15.3. The summed E-state index contributed by atoms with van der Waals surface area (Å²) in [5.74, 6) is 1.01. The van der Waals surface area contributed by atoms with Crippen molar-refractivity contribution in [2.24, 2.45) is 4.99 Å². The lowest BCUT2D eigenvalue weighted by Gasteiger charge is -2.31. The maximum absolute atomic E-state index is 12.9. The van der Waals surface area contributed by atoms with Crippen molar-refractivity contribution in [1.82, 2.24) is 4.90 Å². The first-order chi connectivity index (χ1) is 10.7. The molecule has 0 radical (unpaired) electrons. The molecule has 1 N–H and O–H groups in total. The first kappa shape index (κ1) is 12.9. The Kier molecular flexibility index (Phi) is 2.72. The molecule has 0 aliphatic carbocycles. The molecule has 0 saturated heterocycles. The third-order valence-corrected chi connectivity index (χ3v) is 4.15. The highest BCUT2D eigenvalue weighted by Crippen LogP contribution is 2.37. The molecular weight excluding hydrogens is 284 g/mol. The van der Waals surface area contributed by atoms with Crippen LogP contribution in [0.4, 0.5) is 5.69 Å². The molecule has 0 bridgehead atoms. The molecule has 4 rings (SSSR count). The zero-order valence-electron chi connectivity index (χ0n) is 11.9. The number of carbonyl (C=O) groups excluding carboxylic acids is 1. The minimum Gasteiger partial charge on any atom is -0.504 e. The van der Waals surface area contributed by atoms with Crippen LogP contribution < -0.4 is 4.74 Å². The summed E-state index contributed by atoms with van der Waals surface area (Å²) in [6.45, 7) is 0.490. The molecular formula is C16H14N2O4. The topological polar surface area (TPSA) is 75.3 Å². The number of carbonyl (C=O) groups is 1. The van der Waals surface area contributed by atoms with Crippen LogP contribution in [0.2, 0.25) is 0 Å². The number of benzene rings is 1. The molecule has 1 atom stereocenters. The first-order valence-corrected chi connectivity index (χ1v) is 6.99. The Morgan fingerprint density at radius 1 is 1.45 bits per heavy atom. The van der Waals surface area contributed by atoms with Gasteiger partial charge in [0.1, 0.15) is 5.76 Å². The summed E-state index contributed by atoms with van der Waals surface area (Å²) in [7, 11) is 1.45. The molecule has 1 aromatic heterocycles. The van der Waals surface area contributed by atoms with Crippen molar-refractivity contribution in [3.8, 4) is 11.5 Å². The van der Waals surface area contributed by atoms with E-state index in [1.54, 1.807) is 17.4 Å². The van der Waals surface area contributed by atoms with Gasteiger partial charge < -0.3 is 19.2 Å². The SMILES string of the molecule is COc1cc2c(cc1O)N=CC1Cc3occc3CN1C2=O. The summed E-state index contributed by atoms with van der Waals surface area (Å²) in [5, 5.41) is 9.87. The molecule has 0 fully saturated rings. The monoisotopic (exact) mass is 298 g/mol. The van der Waals surface area contributed by atoms with Crippen LogP contribution in [-0.2, 0) is 13.0 Å². The van der Waals surface area contributed by atoms with Crippen LogP contribution in [0.5, 0.6) is 11.5 Å². The average Bonchev–Trinajstić information content (AvgIpc) is 2.93. The number of hydrogen-bond acceptors (Lipinski definition) is 5. The molecule has 1 amide bonds. The highest BCUT2D eigenvalue weighted by atomic mass is 16.5. The van der Waals surface area contributed by atoms with Crippen LogP contribution in [0.3, 0.4) is 0 Å². The van der Waals surface area contributed by atoms with Crippen LogP contribution in [-0.4, -0.2) is 35.3 Å². The zero-order valence-corrected chi connectivity index (χ0v) is 11.9. The number of phenolic OH excluding ortho intramolecular Hbond substituents is 1. The summed E-state index contributed by atoms with van der Waals surface area (Å²) in [6.07, 6.45) is 3.99. The largest absolute Gasteiger partial charge is 0.504 e. The second-order valence-corrected chi connectivity index (χ2v) is 5.39. The van der Waals surface area contributed by atoms with Crippen LogP contribution in [0.25, 0.3) is 0 Å². The van der Waals surface area contributed by atoms with Crippen molar-refractivity contribution in [3.05, 3.63) is 41.3 Å². The number of fused-ring (bicyclic) bond motifs is 3. The fraction of sp³-hybridized carbons (Fsp3) is 0.250. The van der Waals surface area contributed by atoms with E-state index in [0.717, 1.165) is 11.3 Å². The van der Waals surface area contributed by atoms with Gasteiger partial charge in [0.25, 0.3) is 5.91 Å². The van der Waals surface area contributed by atoms with Crippen molar-refractivity contribution in [2.75, 3.05) is 7.11 Å². The third kappa shape index (κ3) is 1.80. The van der Waals surface area contributed by atoms with Crippen molar-refractivity contribution in [2.45, 2.75) is 19.0 Å². The predicted molar refractivity (Wildman–Crippen MR) is 78.9 cm³/mol. The molecule has 0 spiro atoms. The van der Waals surface area contributed by atoms with Crippen molar-refractivity contribution >= 4 is 17.8 Å². The van der Waals surface area contributed by atoms with Crippen molar-refractivity contribution < 1.29 is 19.1 Å². The Morgan fingerprint density at radius 3 is 3.14 bits per heavy atom. The molecule has 2 aliphatic heterocycles. The Labute approximate surface area is 126 Å². The second kappa shape index (κ2) is 4.62. The maximum Gasteiger partial charge on any atom is 0.257 e. The second-order valence-electron chi connectivity index (χ2n) is 5.39. The Bertz CT molecular complexity index is 793. The lowest BCUT2D eigenvalue weighted by Crippen LogP contribution is -2.44.